The van der Waals surface area contributed by atoms with Gasteiger partial charge in [0.1, 0.15) is 0 Å². The fraction of sp³-hybridized carbons (Fsp3) is 0.579. The van der Waals surface area contributed by atoms with Crippen LogP contribution in [0.15, 0.2) is 24.3 Å². The predicted octanol–water partition coefficient (Wildman–Crippen LogP) is 2.45. The average molecular weight is 402 g/mol. The van der Waals surface area contributed by atoms with E-state index in [9.17, 15) is 0 Å². The normalized spacial score (nSPS) is 16.9. The first-order chi connectivity index (χ1) is 13.7. The smallest absolute Gasteiger partial charge is 0.186 e. The second-order valence-electron chi connectivity index (χ2n) is 7.43. The number of hydrogen-bond acceptors (Lipinski definition) is 8. The number of benzene rings is 1. The topological polar surface area (TPSA) is 72.2 Å². The quantitative estimate of drug-likeness (QED) is 0.602. The van der Waals surface area contributed by atoms with Crippen molar-refractivity contribution in [3.8, 4) is 0 Å². The van der Waals surface area contributed by atoms with Crippen molar-refractivity contribution in [3.05, 3.63) is 30.1 Å². The molecular weight excluding hydrogens is 374 g/mol. The Morgan fingerprint density at radius 3 is 2.64 bits per heavy atom. The van der Waals surface area contributed by atoms with Gasteiger partial charge >= 0.3 is 0 Å². The molecule has 1 aromatic carbocycles. The summed E-state index contributed by atoms with van der Waals surface area (Å²) in [5.74, 6) is 1.35. The van der Waals surface area contributed by atoms with Gasteiger partial charge in [0, 0.05) is 33.3 Å². The second kappa shape index (κ2) is 8.50. The number of para-hydroxylation sites is 1. The lowest BCUT2D eigenvalue weighted by atomic mass is 10.0. The largest absolute Gasteiger partial charge is 0.383 e. The van der Waals surface area contributed by atoms with Crippen LogP contribution in [-0.2, 0) is 11.3 Å². The minimum absolute atomic E-state index is 0.198. The van der Waals surface area contributed by atoms with Crippen LogP contribution in [0.25, 0.3) is 10.2 Å². The highest BCUT2D eigenvalue weighted by Crippen LogP contribution is 2.32. The molecule has 0 amide bonds. The van der Waals surface area contributed by atoms with Crippen LogP contribution in [0.2, 0.25) is 0 Å². The van der Waals surface area contributed by atoms with E-state index in [2.05, 4.69) is 57.4 Å². The summed E-state index contributed by atoms with van der Waals surface area (Å²) in [5.41, 5.74) is 1.09. The molecule has 4 rings (SSSR count). The first kappa shape index (κ1) is 19.2. The van der Waals surface area contributed by atoms with Crippen molar-refractivity contribution in [3.63, 3.8) is 0 Å². The molecule has 9 heteroatoms. The van der Waals surface area contributed by atoms with Gasteiger partial charge in [-0.1, -0.05) is 37.3 Å². The van der Waals surface area contributed by atoms with Gasteiger partial charge in [0.25, 0.3) is 0 Å². The molecule has 0 radical (unpaired) electrons. The van der Waals surface area contributed by atoms with Crippen LogP contribution in [0.1, 0.15) is 25.7 Å². The lowest BCUT2D eigenvalue weighted by Gasteiger charge is -2.40. The summed E-state index contributed by atoms with van der Waals surface area (Å²) < 4.78 is 8.33. The number of ether oxygens (including phenoxy) is 1. The molecule has 1 aliphatic rings. The Bertz CT molecular complexity index is 867. The summed E-state index contributed by atoms with van der Waals surface area (Å²) in [5, 5.41) is 13.6. The van der Waals surface area contributed by atoms with Crippen molar-refractivity contribution in [2.24, 2.45) is 5.92 Å². The molecule has 1 fully saturated rings. The maximum atomic E-state index is 5.20. The molecule has 3 heterocycles. The third-order valence-electron chi connectivity index (χ3n) is 5.22. The number of nitrogens with zero attached hydrogens (tertiary/aromatic N) is 7. The zero-order valence-corrected chi connectivity index (χ0v) is 17.5. The van der Waals surface area contributed by atoms with Crippen LogP contribution >= 0.6 is 11.3 Å². The minimum Gasteiger partial charge on any atom is -0.383 e. The fourth-order valence-electron chi connectivity index (χ4n) is 3.83. The van der Waals surface area contributed by atoms with Gasteiger partial charge in [-0.25, -0.2) is 9.67 Å². The van der Waals surface area contributed by atoms with E-state index < -0.39 is 0 Å². The third-order valence-corrected chi connectivity index (χ3v) is 6.32. The van der Waals surface area contributed by atoms with E-state index in [1.165, 1.54) is 4.70 Å². The summed E-state index contributed by atoms with van der Waals surface area (Å²) >= 11 is 1.77. The molecule has 1 atom stereocenters. The molecule has 0 spiro atoms. The number of thiazole rings is 1. The van der Waals surface area contributed by atoms with Crippen molar-refractivity contribution in [1.29, 1.82) is 0 Å². The number of hydrogen-bond donors (Lipinski definition) is 0. The Balaban J connectivity index is 1.47. The van der Waals surface area contributed by atoms with Crippen molar-refractivity contribution in [1.82, 2.24) is 30.1 Å². The summed E-state index contributed by atoms with van der Waals surface area (Å²) in [7, 11) is 1.70. The molecule has 28 heavy (non-hydrogen) atoms. The van der Waals surface area contributed by atoms with E-state index in [0.29, 0.717) is 19.1 Å². The molecule has 0 N–H and O–H groups in total. The summed E-state index contributed by atoms with van der Waals surface area (Å²) in [6.45, 7) is 9.61. The van der Waals surface area contributed by atoms with Crippen LogP contribution in [-0.4, -0.2) is 70.0 Å². The van der Waals surface area contributed by atoms with Crippen LogP contribution in [0, 0.1) is 5.92 Å². The molecule has 1 saturated heterocycles. The van der Waals surface area contributed by atoms with Gasteiger partial charge in [-0.3, -0.25) is 4.90 Å². The SMILES string of the molecule is COCCn1nnnc1[C@H](C(C)C)N1CCN(c2nc3ccccc3s2)CC1. The van der Waals surface area contributed by atoms with E-state index in [-0.39, 0.29) is 6.04 Å². The highest BCUT2D eigenvalue weighted by Gasteiger charge is 2.32. The Kier molecular flexibility index (Phi) is 5.84. The van der Waals surface area contributed by atoms with Crippen LogP contribution in [0.3, 0.4) is 0 Å². The molecule has 1 aliphatic heterocycles. The molecule has 3 aromatic rings. The summed E-state index contributed by atoms with van der Waals surface area (Å²) in [6, 6.07) is 8.54. The van der Waals surface area contributed by atoms with Crippen molar-refractivity contribution < 1.29 is 4.74 Å². The number of fused-ring (bicyclic) bond motifs is 1. The molecule has 0 bridgehead atoms. The molecule has 8 nitrogen and oxygen atoms in total. The Morgan fingerprint density at radius 1 is 1.14 bits per heavy atom. The van der Waals surface area contributed by atoms with Gasteiger partial charge in [-0.15, -0.1) is 5.10 Å². The summed E-state index contributed by atoms with van der Waals surface area (Å²) in [6.07, 6.45) is 0. The number of rotatable bonds is 7. The maximum absolute atomic E-state index is 5.20. The lowest BCUT2D eigenvalue weighted by molar-refractivity contribution is 0.129. The first-order valence-electron chi connectivity index (χ1n) is 9.77. The van der Waals surface area contributed by atoms with Crippen molar-refractivity contribution in [2.45, 2.75) is 26.4 Å². The van der Waals surface area contributed by atoms with E-state index >= 15 is 0 Å². The molecule has 0 unspecified atom stereocenters. The Hall–Kier alpha value is -2.10. The predicted molar refractivity (Wildman–Crippen MR) is 111 cm³/mol. The fourth-order valence-corrected chi connectivity index (χ4v) is 4.85. The van der Waals surface area contributed by atoms with Gasteiger partial charge in [0.15, 0.2) is 11.0 Å². The highest BCUT2D eigenvalue weighted by atomic mass is 32.1. The van der Waals surface area contributed by atoms with Gasteiger partial charge in [-0.2, -0.15) is 0 Å². The highest BCUT2D eigenvalue weighted by molar-refractivity contribution is 7.22. The lowest BCUT2D eigenvalue weighted by Crippen LogP contribution is -2.49. The monoisotopic (exact) mass is 401 g/mol. The van der Waals surface area contributed by atoms with Crippen LogP contribution in [0.4, 0.5) is 5.13 Å². The number of tetrazole rings is 1. The third kappa shape index (κ3) is 3.87. The van der Waals surface area contributed by atoms with Crippen LogP contribution in [0.5, 0.6) is 0 Å². The first-order valence-corrected chi connectivity index (χ1v) is 10.6. The standard InChI is InChI=1S/C19H27N7OS/c1-14(2)17(18-21-22-23-26(18)12-13-27-3)24-8-10-25(11-9-24)19-20-15-6-4-5-7-16(15)28-19/h4-7,14,17H,8-13H2,1-3H3/t17-/m0/s1. The molecule has 0 aliphatic carbocycles. The zero-order valence-electron chi connectivity index (χ0n) is 16.7. The van der Waals surface area contributed by atoms with Gasteiger partial charge in [0.05, 0.1) is 29.4 Å². The van der Waals surface area contributed by atoms with E-state index in [0.717, 1.165) is 42.7 Å². The van der Waals surface area contributed by atoms with Gasteiger partial charge in [0.2, 0.25) is 0 Å². The number of anilines is 1. The molecule has 2 aromatic heterocycles. The molecular formula is C19H27N7OS. The zero-order chi connectivity index (χ0) is 19.5. The number of methoxy groups -OCH3 is 1. The Labute approximate surface area is 169 Å². The molecule has 0 saturated carbocycles. The maximum Gasteiger partial charge on any atom is 0.186 e. The van der Waals surface area contributed by atoms with Crippen LogP contribution < -0.4 is 4.90 Å². The van der Waals surface area contributed by atoms with E-state index in [1.54, 1.807) is 18.4 Å². The summed E-state index contributed by atoms with van der Waals surface area (Å²) in [4.78, 5) is 9.71. The minimum atomic E-state index is 0.198. The average Bonchev–Trinajstić information content (AvgIpc) is 3.33. The van der Waals surface area contributed by atoms with Crippen molar-refractivity contribution >= 4 is 26.7 Å². The van der Waals surface area contributed by atoms with E-state index in [4.69, 9.17) is 9.72 Å². The van der Waals surface area contributed by atoms with E-state index in [1.807, 2.05) is 10.7 Å². The molecule has 150 valence electrons. The number of aromatic nitrogens is 5. The number of piperazine rings is 1. The van der Waals surface area contributed by atoms with Crippen molar-refractivity contribution in [2.75, 3.05) is 44.8 Å². The Morgan fingerprint density at radius 2 is 1.93 bits per heavy atom. The van der Waals surface area contributed by atoms with Gasteiger partial charge in [-0.05, 0) is 28.5 Å². The second-order valence-corrected chi connectivity index (χ2v) is 8.44. The van der Waals surface area contributed by atoms with Gasteiger partial charge < -0.3 is 9.64 Å².